The number of benzene rings is 2. The van der Waals surface area contributed by atoms with Crippen LogP contribution < -0.4 is 23.7 Å². The van der Waals surface area contributed by atoms with Gasteiger partial charge in [0.25, 0.3) is 0 Å². The zero-order chi connectivity index (χ0) is 23.3. The lowest BCUT2D eigenvalue weighted by atomic mass is 9.66. The molecule has 1 fully saturated rings. The summed E-state index contributed by atoms with van der Waals surface area (Å²) in [5.41, 5.74) is 2.33. The number of hydrogen-bond acceptors (Lipinski definition) is 9. The molecule has 1 aliphatic carbocycles. The Morgan fingerprint density at radius 2 is 1.55 bits per heavy atom. The Labute approximate surface area is 190 Å². The van der Waals surface area contributed by atoms with Crippen LogP contribution >= 0.6 is 0 Å². The standard InChI is InChI=1S/C24H24O9/c1-11(25)33-22-14-8-17-16(31-10-32-17)7-13(14)20(21-15(22)9-30-24(21)26)12-5-18(27-2)23(29-4)19(6-12)28-3/h5-8,15,20-22H,9-10H2,1-4H3/t15-,20+,21-,22-/m0/s1. The van der Waals surface area contributed by atoms with Gasteiger partial charge in [-0.05, 0) is 35.4 Å². The van der Waals surface area contributed by atoms with E-state index >= 15 is 0 Å². The summed E-state index contributed by atoms with van der Waals surface area (Å²) in [4.78, 5) is 25.0. The number of methoxy groups -OCH3 is 3. The number of cyclic esters (lactones) is 1. The lowest BCUT2D eigenvalue weighted by Crippen LogP contribution is -2.36. The van der Waals surface area contributed by atoms with Gasteiger partial charge < -0.3 is 33.2 Å². The fraction of sp³-hybridized carbons (Fsp3) is 0.417. The molecule has 2 aliphatic heterocycles. The molecule has 0 radical (unpaired) electrons. The number of carbonyl (C=O) groups excluding carboxylic acids is 2. The van der Waals surface area contributed by atoms with Gasteiger partial charge in [0.05, 0.1) is 33.9 Å². The molecule has 3 aliphatic rings. The highest BCUT2D eigenvalue weighted by atomic mass is 16.7. The predicted molar refractivity (Wildman–Crippen MR) is 113 cm³/mol. The third-order valence-electron chi connectivity index (χ3n) is 6.46. The summed E-state index contributed by atoms with van der Waals surface area (Å²) >= 11 is 0. The molecule has 5 rings (SSSR count). The lowest BCUT2D eigenvalue weighted by Gasteiger charge is -2.38. The molecule has 4 atom stereocenters. The summed E-state index contributed by atoms with van der Waals surface area (Å²) < 4.78 is 38.9. The maximum absolute atomic E-state index is 13.0. The summed E-state index contributed by atoms with van der Waals surface area (Å²) in [5, 5.41) is 0. The van der Waals surface area contributed by atoms with Crippen LogP contribution in [0.1, 0.15) is 35.6 Å². The summed E-state index contributed by atoms with van der Waals surface area (Å²) in [6.07, 6.45) is -0.651. The van der Waals surface area contributed by atoms with Gasteiger partial charge in [-0.3, -0.25) is 9.59 Å². The van der Waals surface area contributed by atoms with Gasteiger partial charge in [0.2, 0.25) is 12.5 Å². The minimum absolute atomic E-state index is 0.0974. The maximum Gasteiger partial charge on any atom is 0.310 e. The highest BCUT2D eigenvalue weighted by Crippen LogP contribution is 2.56. The second-order valence-corrected chi connectivity index (χ2v) is 8.12. The molecule has 9 heteroatoms. The average Bonchev–Trinajstić information content (AvgIpc) is 3.43. The zero-order valence-electron chi connectivity index (χ0n) is 18.7. The van der Waals surface area contributed by atoms with Crippen molar-refractivity contribution in [2.45, 2.75) is 18.9 Å². The van der Waals surface area contributed by atoms with Crippen LogP contribution in [-0.2, 0) is 19.1 Å². The Morgan fingerprint density at radius 3 is 2.12 bits per heavy atom. The molecule has 33 heavy (non-hydrogen) atoms. The molecule has 2 aromatic carbocycles. The van der Waals surface area contributed by atoms with Gasteiger partial charge in [0.1, 0.15) is 6.10 Å². The molecule has 0 unspecified atom stereocenters. The van der Waals surface area contributed by atoms with E-state index in [2.05, 4.69) is 0 Å². The van der Waals surface area contributed by atoms with Crippen molar-refractivity contribution in [1.82, 2.24) is 0 Å². The molecule has 1 saturated heterocycles. The summed E-state index contributed by atoms with van der Waals surface area (Å²) in [6.45, 7) is 1.60. The normalized spacial score (nSPS) is 24.4. The molecule has 0 N–H and O–H groups in total. The first-order chi connectivity index (χ1) is 16.0. The van der Waals surface area contributed by atoms with Crippen molar-refractivity contribution >= 4 is 11.9 Å². The van der Waals surface area contributed by atoms with Crippen molar-refractivity contribution in [2.75, 3.05) is 34.7 Å². The highest BCUT2D eigenvalue weighted by molar-refractivity contribution is 5.79. The number of esters is 2. The Bertz CT molecular complexity index is 1100. The number of carbonyl (C=O) groups is 2. The minimum atomic E-state index is -0.651. The van der Waals surface area contributed by atoms with E-state index < -0.39 is 23.9 Å². The van der Waals surface area contributed by atoms with E-state index in [-0.39, 0.29) is 25.3 Å². The molecule has 0 saturated carbocycles. The third-order valence-corrected chi connectivity index (χ3v) is 6.46. The number of fused-ring (bicyclic) bond motifs is 3. The maximum atomic E-state index is 13.0. The molecule has 0 spiro atoms. The van der Waals surface area contributed by atoms with Gasteiger partial charge in [-0.1, -0.05) is 0 Å². The van der Waals surface area contributed by atoms with Gasteiger partial charge >= 0.3 is 11.9 Å². The largest absolute Gasteiger partial charge is 0.493 e. The number of hydrogen-bond donors (Lipinski definition) is 0. The molecule has 2 heterocycles. The van der Waals surface area contributed by atoms with Crippen LogP contribution in [0.15, 0.2) is 24.3 Å². The van der Waals surface area contributed by atoms with Gasteiger partial charge in [-0.25, -0.2) is 0 Å². The molecular formula is C24H24O9. The van der Waals surface area contributed by atoms with E-state index in [1.807, 2.05) is 24.3 Å². The van der Waals surface area contributed by atoms with E-state index in [9.17, 15) is 9.59 Å². The van der Waals surface area contributed by atoms with Crippen LogP contribution in [0.5, 0.6) is 28.7 Å². The van der Waals surface area contributed by atoms with Crippen LogP contribution in [0, 0.1) is 11.8 Å². The second-order valence-electron chi connectivity index (χ2n) is 8.12. The van der Waals surface area contributed by atoms with Crippen LogP contribution in [-0.4, -0.2) is 46.7 Å². The van der Waals surface area contributed by atoms with Gasteiger partial charge in [0, 0.05) is 24.3 Å². The molecule has 0 bridgehead atoms. The van der Waals surface area contributed by atoms with Crippen molar-refractivity contribution < 1.29 is 42.7 Å². The van der Waals surface area contributed by atoms with E-state index in [1.54, 1.807) is 0 Å². The Balaban J connectivity index is 1.75. The molecule has 174 valence electrons. The highest BCUT2D eigenvalue weighted by Gasteiger charge is 2.54. The lowest BCUT2D eigenvalue weighted by molar-refractivity contribution is -0.152. The topological polar surface area (TPSA) is 98.8 Å². The number of ether oxygens (including phenoxy) is 7. The van der Waals surface area contributed by atoms with Crippen molar-refractivity contribution in [2.24, 2.45) is 11.8 Å². The Morgan fingerprint density at radius 1 is 0.909 bits per heavy atom. The van der Waals surface area contributed by atoms with E-state index in [1.165, 1.54) is 28.3 Å². The van der Waals surface area contributed by atoms with Crippen molar-refractivity contribution in [3.63, 3.8) is 0 Å². The first-order valence-electron chi connectivity index (χ1n) is 10.5. The minimum Gasteiger partial charge on any atom is -0.493 e. The smallest absolute Gasteiger partial charge is 0.310 e. The van der Waals surface area contributed by atoms with Crippen molar-refractivity contribution in [3.05, 3.63) is 41.0 Å². The van der Waals surface area contributed by atoms with Crippen molar-refractivity contribution in [3.8, 4) is 28.7 Å². The molecule has 9 nitrogen and oxygen atoms in total. The SMILES string of the molecule is COc1cc([C@@H]2c3cc4c(cc3[C@H](OC(C)=O)[C@H]3COC(=O)[C@H]23)OCO4)cc(OC)c1OC. The average molecular weight is 456 g/mol. The van der Waals surface area contributed by atoms with Crippen LogP contribution in [0.4, 0.5) is 0 Å². The van der Waals surface area contributed by atoms with E-state index in [4.69, 9.17) is 33.2 Å². The fourth-order valence-corrected chi connectivity index (χ4v) is 5.12. The fourth-order valence-electron chi connectivity index (χ4n) is 5.12. The number of rotatable bonds is 5. The molecule has 0 aromatic heterocycles. The molecular weight excluding hydrogens is 432 g/mol. The molecule has 0 amide bonds. The Hall–Kier alpha value is -3.62. The quantitative estimate of drug-likeness (QED) is 0.629. The predicted octanol–water partition coefficient (Wildman–Crippen LogP) is 2.98. The van der Waals surface area contributed by atoms with Crippen molar-refractivity contribution in [1.29, 1.82) is 0 Å². The summed E-state index contributed by atoms with van der Waals surface area (Å²) in [7, 11) is 4.61. The first kappa shape index (κ1) is 21.2. The second kappa shape index (κ2) is 8.06. The van der Waals surface area contributed by atoms with Crippen LogP contribution in [0.25, 0.3) is 0 Å². The monoisotopic (exact) mass is 456 g/mol. The van der Waals surface area contributed by atoms with Gasteiger partial charge in [-0.15, -0.1) is 0 Å². The van der Waals surface area contributed by atoms with Gasteiger partial charge in [-0.2, -0.15) is 0 Å². The van der Waals surface area contributed by atoms with E-state index in [0.717, 1.165) is 16.7 Å². The first-order valence-corrected chi connectivity index (χ1v) is 10.5. The van der Waals surface area contributed by atoms with Gasteiger partial charge in [0.15, 0.2) is 23.0 Å². The summed E-state index contributed by atoms with van der Waals surface area (Å²) in [5.74, 6) is 0.383. The summed E-state index contributed by atoms with van der Waals surface area (Å²) in [6, 6.07) is 7.34. The third kappa shape index (κ3) is 3.30. The van der Waals surface area contributed by atoms with Crippen LogP contribution in [0.3, 0.4) is 0 Å². The Kier molecular flexibility index (Phi) is 5.19. The van der Waals surface area contributed by atoms with E-state index in [0.29, 0.717) is 28.7 Å². The molecule has 2 aromatic rings. The zero-order valence-corrected chi connectivity index (χ0v) is 18.7. The van der Waals surface area contributed by atoms with Crippen LogP contribution in [0.2, 0.25) is 0 Å².